The Morgan fingerprint density at radius 2 is 0.574 bits per heavy atom. The van der Waals surface area contributed by atoms with Crippen molar-refractivity contribution in [1.82, 2.24) is 0 Å². The van der Waals surface area contributed by atoms with E-state index in [-0.39, 0.29) is 31.1 Å². The lowest BCUT2D eigenvalue weighted by atomic mass is 10.1. The summed E-state index contributed by atoms with van der Waals surface area (Å²) in [5.41, 5.74) is 0. The Kier molecular flexibility index (Phi) is 53.4. The maximum atomic E-state index is 12.8. The fraction of sp³-hybridized carbons (Fsp3) is 0.726. The van der Waals surface area contributed by atoms with Gasteiger partial charge >= 0.3 is 17.9 Å². The van der Waals surface area contributed by atoms with Gasteiger partial charge in [-0.05, 0) is 116 Å². The number of unbranched alkanes of at least 4 members (excludes halogenated alkanes) is 26. The van der Waals surface area contributed by atoms with Crippen LogP contribution < -0.4 is 0 Å². The minimum absolute atomic E-state index is 0.0931. The third kappa shape index (κ3) is 53.5. The van der Waals surface area contributed by atoms with Gasteiger partial charge in [0.2, 0.25) is 0 Å². The van der Waals surface area contributed by atoms with Crippen molar-refractivity contribution < 1.29 is 28.6 Å². The summed E-state index contributed by atoms with van der Waals surface area (Å²) in [5.74, 6) is -0.933. The summed E-state index contributed by atoms with van der Waals surface area (Å²) in [5, 5.41) is 0. The highest BCUT2D eigenvalue weighted by molar-refractivity contribution is 5.71. The van der Waals surface area contributed by atoms with Crippen LogP contribution in [0.25, 0.3) is 0 Å². The van der Waals surface area contributed by atoms with Crippen LogP contribution in [0.3, 0.4) is 0 Å². The highest BCUT2D eigenvalue weighted by Crippen LogP contribution is 2.15. The van der Waals surface area contributed by atoms with E-state index in [1.807, 2.05) is 0 Å². The van der Waals surface area contributed by atoms with Crippen LogP contribution in [0.4, 0.5) is 0 Å². The molecular formula is C62H106O6. The largest absolute Gasteiger partial charge is 0.462 e. The smallest absolute Gasteiger partial charge is 0.306 e. The molecule has 0 spiro atoms. The number of carbonyl (C=O) groups is 3. The van der Waals surface area contributed by atoms with E-state index in [2.05, 4.69) is 106 Å². The summed E-state index contributed by atoms with van der Waals surface area (Å²) in [6.07, 6.45) is 73.0. The van der Waals surface area contributed by atoms with E-state index in [1.54, 1.807) is 0 Å². The second-order valence-corrected chi connectivity index (χ2v) is 18.8. The Hall–Kier alpha value is -3.41. The predicted octanol–water partition coefficient (Wildman–Crippen LogP) is 19.2. The van der Waals surface area contributed by atoms with Gasteiger partial charge < -0.3 is 14.2 Å². The summed E-state index contributed by atoms with van der Waals surface area (Å²) in [7, 11) is 0. The van der Waals surface area contributed by atoms with E-state index >= 15 is 0 Å². The van der Waals surface area contributed by atoms with Crippen LogP contribution in [-0.4, -0.2) is 37.2 Å². The lowest BCUT2D eigenvalue weighted by molar-refractivity contribution is -0.167. The molecule has 6 nitrogen and oxygen atoms in total. The molecule has 0 aromatic rings. The fourth-order valence-corrected chi connectivity index (χ4v) is 7.81. The Morgan fingerprint density at radius 3 is 0.956 bits per heavy atom. The van der Waals surface area contributed by atoms with Gasteiger partial charge in [-0.3, -0.25) is 14.4 Å². The number of carbonyl (C=O) groups excluding carboxylic acids is 3. The highest BCUT2D eigenvalue weighted by Gasteiger charge is 2.19. The molecule has 0 aliphatic rings. The van der Waals surface area contributed by atoms with Gasteiger partial charge in [0, 0.05) is 19.3 Å². The Bertz CT molecular complexity index is 1320. The average molecular weight is 948 g/mol. The number of hydrogen-bond acceptors (Lipinski definition) is 6. The topological polar surface area (TPSA) is 78.9 Å². The Labute approximate surface area is 420 Å². The van der Waals surface area contributed by atoms with Crippen molar-refractivity contribution >= 4 is 17.9 Å². The number of esters is 3. The molecule has 0 aromatic heterocycles. The number of allylic oxidation sites excluding steroid dienone is 14. The SMILES string of the molecule is CC/C=C\C/C=C\C/C=C\CCCCCC(=O)OC(COC(=O)CCCCCCC/C=C\CCCCC)COC(=O)CCCCCCCCCCCC/C=C\C/C=C\C/C=C\CCCCCCC. The van der Waals surface area contributed by atoms with E-state index in [1.165, 1.54) is 128 Å². The van der Waals surface area contributed by atoms with Gasteiger partial charge in [-0.15, -0.1) is 0 Å². The second kappa shape index (κ2) is 56.2. The molecule has 0 saturated heterocycles. The molecule has 0 bridgehead atoms. The summed E-state index contributed by atoms with van der Waals surface area (Å²) in [6, 6.07) is 0. The predicted molar refractivity (Wildman–Crippen MR) is 293 cm³/mol. The molecule has 0 saturated carbocycles. The maximum absolute atomic E-state index is 12.8. The monoisotopic (exact) mass is 947 g/mol. The van der Waals surface area contributed by atoms with E-state index < -0.39 is 6.10 Å². The first-order valence-corrected chi connectivity index (χ1v) is 28.6. The van der Waals surface area contributed by atoms with Crippen molar-refractivity contribution in [3.05, 3.63) is 85.1 Å². The minimum Gasteiger partial charge on any atom is -0.462 e. The van der Waals surface area contributed by atoms with Crippen LogP contribution in [0.2, 0.25) is 0 Å². The van der Waals surface area contributed by atoms with Crippen molar-refractivity contribution in [1.29, 1.82) is 0 Å². The molecule has 0 aromatic carbocycles. The van der Waals surface area contributed by atoms with Crippen LogP contribution in [-0.2, 0) is 28.6 Å². The molecule has 0 rings (SSSR count). The zero-order valence-electron chi connectivity index (χ0n) is 44.6. The van der Waals surface area contributed by atoms with Crippen molar-refractivity contribution in [2.24, 2.45) is 0 Å². The van der Waals surface area contributed by atoms with Crippen molar-refractivity contribution in [2.45, 2.75) is 277 Å². The molecule has 0 N–H and O–H groups in total. The highest BCUT2D eigenvalue weighted by atomic mass is 16.6. The van der Waals surface area contributed by atoms with E-state index in [0.717, 1.165) is 103 Å². The normalized spacial score (nSPS) is 12.7. The van der Waals surface area contributed by atoms with Gasteiger partial charge in [-0.2, -0.15) is 0 Å². The van der Waals surface area contributed by atoms with Gasteiger partial charge in [0.25, 0.3) is 0 Å². The molecule has 0 amide bonds. The van der Waals surface area contributed by atoms with Crippen molar-refractivity contribution in [3.63, 3.8) is 0 Å². The van der Waals surface area contributed by atoms with Crippen molar-refractivity contribution in [3.8, 4) is 0 Å². The second-order valence-electron chi connectivity index (χ2n) is 18.8. The quantitative estimate of drug-likeness (QED) is 0.0262. The van der Waals surface area contributed by atoms with Crippen LogP contribution >= 0.6 is 0 Å². The molecule has 1 atom stereocenters. The van der Waals surface area contributed by atoms with Gasteiger partial charge in [0.15, 0.2) is 6.10 Å². The lowest BCUT2D eigenvalue weighted by Gasteiger charge is -2.18. The summed E-state index contributed by atoms with van der Waals surface area (Å²) in [4.78, 5) is 38.0. The summed E-state index contributed by atoms with van der Waals surface area (Å²) < 4.78 is 16.8. The van der Waals surface area contributed by atoms with Gasteiger partial charge in [0.1, 0.15) is 13.2 Å². The van der Waals surface area contributed by atoms with Gasteiger partial charge in [-0.25, -0.2) is 0 Å². The lowest BCUT2D eigenvalue weighted by Crippen LogP contribution is -2.30. The van der Waals surface area contributed by atoms with Crippen LogP contribution in [0.1, 0.15) is 271 Å². The molecule has 0 aliphatic heterocycles. The van der Waals surface area contributed by atoms with Crippen molar-refractivity contribution in [2.75, 3.05) is 13.2 Å². The number of rotatable bonds is 51. The fourth-order valence-electron chi connectivity index (χ4n) is 7.81. The number of ether oxygens (including phenoxy) is 3. The van der Waals surface area contributed by atoms with Crippen LogP contribution in [0.5, 0.6) is 0 Å². The van der Waals surface area contributed by atoms with Gasteiger partial charge in [0.05, 0.1) is 0 Å². The molecule has 0 heterocycles. The molecule has 390 valence electrons. The first-order valence-electron chi connectivity index (χ1n) is 28.6. The minimum atomic E-state index is -0.796. The average Bonchev–Trinajstić information content (AvgIpc) is 3.34. The molecular weight excluding hydrogens is 841 g/mol. The molecule has 0 radical (unpaired) electrons. The molecule has 1 unspecified atom stereocenters. The van der Waals surface area contributed by atoms with Gasteiger partial charge in [-0.1, -0.05) is 221 Å². The summed E-state index contributed by atoms with van der Waals surface area (Å²) >= 11 is 0. The zero-order valence-corrected chi connectivity index (χ0v) is 44.6. The molecule has 68 heavy (non-hydrogen) atoms. The third-order valence-electron chi connectivity index (χ3n) is 12.1. The molecule has 6 heteroatoms. The standard InChI is InChI=1S/C62H106O6/c1-4-7-10-13-16-19-22-25-26-27-28-29-30-31-32-33-34-35-36-38-40-43-46-49-52-55-61(64)67-58-59(57-66-60(63)54-51-48-45-42-39-24-21-18-15-12-9-6-3)68-62(65)56-53-50-47-44-41-37-23-20-17-14-11-8-5-2/h8,11,17-18,20-22,25,27-28,30-31,37,41,59H,4-7,9-10,12-16,19,23-24,26,29,32-36,38-40,42-58H2,1-3H3/b11-8-,20-17-,21-18-,25-22-,28-27-,31-30-,41-37-. The Morgan fingerprint density at radius 1 is 0.309 bits per heavy atom. The summed E-state index contributed by atoms with van der Waals surface area (Å²) in [6.45, 7) is 6.46. The van der Waals surface area contributed by atoms with Crippen LogP contribution in [0.15, 0.2) is 85.1 Å². The Balaban J connectivity index is 4.30. The van der Waals surface area contributed by atoms with E-state index in [4.69, 9.17) is 14.2 Å². The zero-order chi connectivity index (χ0) is 49.3. The first kappa shape index (κ1) is 64.6. The number of hydrogen-bond donors (Lipinski definition) is 0. The van der Waals surface area contributed by atoms with Crippen LogP contribution in [0, 0.1) is 0 Å². The van der Waals surface area contributed by atoms with E-state index in [9.17, 15) is 14.4 Å². The molecule has 0 aliphatic carbocycles. The maximum Gasteiger partial charge on any atom is 0.306 e. The first-order chi connectivity index (χ1) is 33.5. The van der Waals surface area contributed by atoms with E-state index in [0.29, 0.717) is 19.3 Å². The molecule has 0 fully saturated rings. The third-order valence-corrected chi connectivity index (χ3v) is 12.1.